The van der Waals surface area contributed by atoms with Gasteiger partial charge < -0.3 is 4.90 Å². The number of nitrogens with zero attached hydrogens (tertiary/aromatic N) is 2. The third kappa shape index (κ3) is 3.60. The number of piperazine rings is 1. The number of rotatable bonds is 2. The summed E-state index contributed by atoms with van der Waals surface area (Å²) in [7, 11) is 0. The SMILES string of the molecule is CC(=O)N1C2CCCCC2N(CC2CC(C)CCC2C)C[C@@H]1C. The van der Waals surface area contributed by atoms with Gasteiger partial charge in [0.05, 0.1) is 0 Å². The molecule has 0 N–H and O–H groups in total. The normalized spacial score (nSPS) is 42.3. The van der Waals surface area contributed by atoms with Gasteiger partial charge in [0.2, 0.25) is 5.91 Å². The molecule has 0 bridgehead atoms. The molecule has 3 heteroatoms. The molecule has 3 fully saturated rings. The molecular weight excluding hydrogens is 284 g/mol. The molecular formula is C20H36N2O. The molecule has 3 nitrogen and oxygen atoms in total. The van der Waals surface area contributed by atoms with Gasteiger partial charge in [-0.3, -0.25) is 9.69 Å². The Balaban J connectivity index is 1.72. The van der Waals surface area contributed by atoms with Crippen molar-refractivity contribution in [2.45, 2.75) is 90.8 Å². The predicted molar refractivity (Wildman–Crippen MR) is 95.3 cm³/mol. The Morgan fingerprint density at radius 3 is 2.39 bits per heavy atom. The zero-order chi connectivity index (χ0) is 16.6. The van der Waals surface area contributed by atoms with E-state index in [1.165, 1.54) is 51.5 Å². The summed E-state index contributed by atoms with van der Waals surface area (Å²) >= 11 is 0. The Bertz CT molecular complexity index is 424. The summed E-state index contributed by atoms with van der Waals surface area (Å²) in [4.78, 5) is 17.2. The van der Waals surface area contributed by atoms with Crippen LogP contribution in [0.2, 0.25) is 0 Å². The average molecular weight is 321 g/mol. The summed E-state index contributed by atoms with van der Waals surface area (Å²) in [5, 5.41) is 0. The van der Waals surface area contributed by atoms with Gasteiger partial charge >= 0.3 is 0 Å². The lowest BCUT2D eigenvalue weighted by Gasteiger charge is -2.54. The second-order valence-electron chi connectivity index (χ2n) is 8.80. The van der Waals surface area contributed by atoms with E-state index in [9.17, 15) is 4.79 Å². The number of amides is 1. The van der Waals surface area contributed by atoms with E-state index < -0.39 is 0 Å². The van der Waals surface area contributed by atoms with Crippen molar-refractivity contribution in [1.29, 1.82) is 0 Å². The molecule has 0 aromatic carbocycles. The zero-order valence-corrected chi connectivity index (χ0v) is 15.6. The first kappa shape index (κ1) is 17.3. The molecule has 23 heavy (non-hydrogen) atoms. The molecule has 2 aliphatic carbocycles. The minimum absolute atomic E-state index is 0.286. The topological polar surface area (TPSA) is 23.6 Å². The van der Waals surface area contributed by atoms with Crippen molar-refractivity contribution in [3.05, 3.63) is 0 Å². The molecule has 132 valence electrons. The van der Waals surface area contributed by atoms with E-state index in [1.807, 2.05) is 0 Å². The highest BCUT2D eigenvalue weighted by atomic mass is 16.2. The summed E-state index contributed by atoms with van der Waals surface area (Å²) in [6.45, 7) is 11.3. The van der Waals surface area contributed by atoms with Gasteiger partial charge in [-0.1, -0.05) is 39.5 Å². The maximum absolute atomic E-state index is 12.2. The van der Waals surface area contributed by atoms with E-state index in [-0.39, 0.29) is 5.91 Å². The van der Waals surface area contributed by atoms with Gasteiger partial charge in [-0.2, -0.15) is 0 Å². The van der Waals surface area contributed by atoms with Gasteiger partial charge in [0.15, 0.2) is 0 Å². The lowest BCUT2D eigenvalue weighted by atomic mass is 9.74. The van der Waals surface area contributed by atoms with Crippen LogP contribution in [0.3, 0.4) is 0 Å². The van der Waals surface area contributed by atoms with Gasteiger partial charge in [0, 0.05) is 38.1 Å². The fraction of sp³-hybridized carbons (Fsp3) is 0.950. The molecule has 0 aromatic heterocycles. The van der Waals surface area contributed by atoms with Crippen molar-refractivity contribution in [3.8, 4) is 0 Å². The summed E-state index contributed by atoms with van der Waals surface area (Å²) < 4.78 is 0. The van der Waals surface area contributed by atoms with E-state index >= 15 is 0 Å². The first-order valence-electron chi connectivity index (χ1n) is 10.00. The highest BCUT2D eigenvalue weighted by Gasteiger charge is 2.43. The van der Waals surface area contributed by atoms with Crippen LogP contribution in [-0.4, -0.2) is 46.9 Å². The van der Waals surface area contributed by atoms with Crippen LogP contribution in [0.4, 0.5) is 0 Å². The zero-order valence-electron chi connectivity index (χ0n) is 15.6. The molecule has 1 heterocycles. The fourth-order valence-corrected chi connectivity index (χ4v) is 5.69. The second kappa shape index (κ2) is 7.13. The molecule has 6 atom stereocenters. The maximum Gasteiger partial charge on any atom is 0.220 e. The molecule has 1 amide bonds. The van der Waals surface area contributed by atoms with Crippen molar-refractivity contribution in [3.63, 3.8) is 0 Å². The number of fused-ring (bicyclic) bond motifs is 1. The number of hydrogen-bond acceptors (Lipinski definition) is 2. The average Bonchev–Trinajstić information content (AvgIpc) is 2.50. The second-order valence-corrected chi connectivity index (χ2v) is 8.80. The predicted octanol–water partition coefficient (Wildman–Crippen LogP) is 3.92. The number of carbonyl (C=O) groups excluding carboxylic acids is 1. The first-order valence-corrected chi connectivity index (χ1v) is 10.00. The fourth-order valence-electron chi connectivity index (χ4n) is 5.69. The first-order chi connectivity index (χ1) is 11.0. The van der Waals surface area contributed by atoms with E-state index in [1.54, 1.807) is 6.92 Å². The molecule has 0 spiro atoms. The summed E-state index contributed by atoms with van der Waals surface area (Å²) in [6.07, 6.45) is 9.36. The Labute approximate surface area is 142 Å². The summed E-state index contributed by atoms with van der Waals surface area (Å²) in [5.74, 6) is 2.91. The summed E-state index contributed by atoms with van der Waals surface area (Å²) in [5.41, 5.74) is 0. The van der Waals surface area contributed by atoms with Gasteiger partial charge in [-0.05, 0) is 43.9 Å². The van der Waals surface area contributed by atoms with Gasteiger partial charge in [-0.15, -0.1) is 0 Å². The number of hydrogen-bond donors (Lipinski definition) is 0. The Morgan fingerprint density at radius 2 is 1.70 bits per heavy atom. The van der Waals surface area contributed by atoms with Crippen LogP contribution in [0.25, 0.3) is 0 Å². The third-order valence-electron chi connectivity index (χ3n) is 6.95. The highest BCUT2D eigenvalue weighted by Crippen LogP contribution is 2.38. The molecule has 0 radical (unpaired) electrons. The van der Waals surface area contributed by atoms with Crippen LogP contribution < -0.4 is 0 Å². The standard InChI is InChI=1S/C20H36N2O/c1-14-9-10-15(2)18(11-14)13-21-12-16(3)22(17(4)23)20-8-6-5-7-19(20)21/h14-16,18-20H,5-13H2,1-4H3/t14?,15?,16-,18?,19?,20?/m0/s1. The molecule has 3 rings (SSSR count). The van der Waals surface area contributed by atoms with Gasteiger partial charge in [0.25, 0.3) is 0 Å². The van der Waals surface area contributed by atoms with Crippen molar-refractivity contribution < 1.29 is 4.79 Å². The molecule has 5 unspecified atom stereocenters. The Morgan fingerprint density at radius 1 is 1.00 bits per heavy atom. The smallest absolute Gasteiger partial charge is 0.220 e. The van der Waals surface area contributed by atoms with Gasteiger partial charge in [0.1, 0.15) is 0 Å². The van der Waals surface area contributed by atoms with E-state index in [2.05, 4.69) is 30.6 Å². The minimum atomic E-state index is 0.286. The van der Waals surface area contributed by atoms with Crippen LogP contribution >= 0.6 is 0 Å². The van der Waals surface area contributed by atoms with Crippen LogP contribution in [0.1, 0.15) is 72.6 Å². The number of carbonyl (C=O) groups is 1. The largest absolute Gasteiger partial charge is 0.334 e. The van der Waals surface area contributed by atoms with Crippen molar-refractivity contribution >= 4 is 5.91 Å². The molecule has 1 aliphatic heterocycles. The van der Waals surface area contributed by atoms with Crippen molar-refractivity contribution in [1.82, 2.24) is 9.80 Å². The van der Waals surface area contributed by atoms with E-state index in [0.717, 1.165) is 24.3 Å². The quantitative estimate of drug-likeness (QED) is 0.770. The van der Waals surface area contributed by atoms with Gasteiger partial charge in [-0.25, -0.2) is 0 Å². The molecule has 3 aliphatic rings. The molecule has 2 saturated carbocycles. The maximum atomic E-state index is 12.2. The van der Waals surface area contributed by atoms with Crippen LogP contribution in [-0.2, 0) is 4.79 Å². The molecule has 1 saturated heterocycles. The lowest BCUT2D eigenvalue weighted by Crippen LogP contribution is -2.65. The monoisotopic (exact) mass is 320 g/mol. The van der Waals surface area contributed by atoms with Crippen LogP contribution in [0.15, 0.2) is 0 Å². The van der Waals surface area contributed by atoms with Crippen molar-refractivity contribution in [2.24, 2.45) is 17.8 Å². The highest BCUT2D eigenvalue weighted by molar-refractivity contribution is 5.74. The lowest BCUT2D eigenvalue weighted by molar-refractivity contribution is -0.142. The van der Waals surface area contributed by atoms with E-state index in [4.69, 9.17) is 0 Å². The Hall–Kier alpha value is -0.570. The Kier molecular flexibility index (Phi) is 5.35. The summed E-state index contributed by atoms with van der Waals surface area (Å²) in [6, 6.07) is 1.47. The van der Waals surface area contributed by atoms with Crippen molar-refractivity contribution in [2.75, 3.05) is 13.1 Å². The molecule has 0 aromatic rings. The van der Waals surface area contributed by atoms with Crippen LogP contribution in [0, 0.1) is 17.8 Å². The van der Waals surface area contributed by atoms with E-state index in [0.29, 0.717) is 18.1 Å². The van der Waals surface area contributed by atoms with Crippen LogP contribution in [0.5, 0.6) is 0 Å². The third-order valence-corrected chi connectivity index (χ3v) is 6.95. The minimum Gasteiger partial charge on any atom is -0.334 e.